The molecule has 0 aliphatic carbocycles. The molecular formula is C19H25Cl3O9. The summed E-state index contributed by atoms with van der Waals surface area (Å²) in [5.41, 5.74) is -2.75. The summed E-state index contributed by atoms with van der Waals surface area (Å²) in [5.74, 6) is -2.56. The Morgan fingerprint density at radius 1 is 1.06 bits per heavy atom. The van der Waals surface area contributed by atoms with Gasteiger partial charge in [0.25, 0.3) is 5.79 Å². The molecule has 3 rings (SSSR count). The van der Waals surface area contributed by atoms with Gasteiger partial charge in [-0.3, -0.25) is 0 Å². The Labute approximate surface area is 194 Å². The van der Waals surface area contributed by atoms with Gasteiger partial charge in [-0.25, -0.2) is 4.29 Å². The fourth-order valence-corrected chi connectivity index (χ4v) is 4.91. The summed E-state index contributed by atoms with van der Waals surface area (Å²) < 4.78 is 21.9. The Bertz CT molecular complexity index is 731. The predicted octanol–water partition coefficient (Wildman–Crippen LogP) is 0.234. The molecule has 2 aliphatic rings. The monoisotopic (exact) mass is 502 g/mol. The SMILES string of the molecule is C[C@H]1O[C@](CO)([C@]2(OCl)O[C@H](C(Cl)OCc3ccccc3)[C@H](Cl)[C@H](O)[C@H]2O)[C@@H](O)[C@@H]1O. The van der Waals surface area contributed by atoms with Gasteiger partial charge in [0, 0.05) is 0 Å². The van der Waals surface area contributed by atoms with E-state index in [9.17, 15) is 25.5 Å². The van der Waals surface area contributed by atoms with Crippen molar-refractivity contribution >= 4 is 35.1 Å². The van der Waals surface area contributed by atoms with E-state index in [1.807, 2.05) is 18.2 Å². The van der Waals surface area contributed by atoms with E-state index in [-0.39, 0.29) is 6.61 Å². The molecule has 0 aromatic heterocycles. The number of halogens is 3. The van der Waals surface area contributed by atoms with Crippen molar-refractivity contribution < 1.29 is 44.0 Å². The first kappa shape index (κ1) is 25.4. The summed E-state index contributed by atoms with van der Waals surface area (Å²) in [6.45, 7) is 0.503. The Balaban J connectivity index is 1.91. The highest BCUT2D eigenvalue weighted by Crippen LogP contribution is 2.49. The Morgan fingerprint density at radius 2 is 1.71 bits per heavy atom. The van der Waals surface area contributed by atoms with E-state index in [0.717, 1.165) is 5.56 Å². The van der Waals surface area contributed by atoms with Gasteiger partial charge in [0.1, 0.15) is 30.5 Å². The van der Waals surface area contributed by atoms with Gasteiger partial charge >= 0.3 is 0 Å². The van der Waals surface area contributed by atoms with Crippen molar-refractivity contribution in [2.75, 3.05) is 6.61 Å². The van der Waals surface area contributed by atoms with Crippen molar-refractivity contribution in [3.63, 3.8) is 0 Å². The van der Waals surface area contributed by atoms with Crippen LogP contribution in [-0.2, 0) is 25.1 Å². The minimum atomic E-state index is -2.56. The quantitative estimate of drug-likeness (QED) is 0.331. The van der Waals surface area contributed by atoms with E-state index >= 15 is 0 Å². The van der Waals surface area contributed by atoms with Crippen LogP contribution in [0.5, 0.6) is 0 Å². The van der Waals surface area contributed by atoms with Crippen LogP contribution in [0.1, 0.15) is 12.5 Å². The third-order valence-corrected chi connectivity index (χ3v) is 6.90. The van der Waals surface area contributed by atoms with E-state index in [0.29, 0.717) is 0 Å². The Morgan fingerprint density at radius 3 is 2.23 bits per heavy atom. The van der Waals surface area contributed by atoms with Gasteiger partial charge in [-0.2, -0.15) is 0 Å². The summed E-state index contributed by atoms with van der Waals surface area (Å²) in [5, 5.41) is 51.0. The maximum Gasteiger partial charge on any atom is 0.251 e. The summed E-state index contributed by atoms with van der Waals surface area (Å²) in [6.07, 6.45) is -9.35. The maximum absolute atomic E-state index is 10.8. The Hall–Kier alpha value is -0.270. The topological polar surface area (TPSA) is 138 Å². The fraction of sp³-hybridized carbons (Fsp3) is 0.684. The number of hydrogen-bond donors (Lipinski definition) is 5. The van der Waals surface area contributed by atoms with Gasteiger partial charge in [0.05, 0.1) is 36.6 Å². The highest BCUT2D eigenvalue weighted by molar-refractivity contribution is 6.24. The standard InChI is InChI=1S/C19H25Cl3O9/c1-9-12(24)15(26)18(8-23,29-9)19(31-22)16(27)13(25)11(20)14(30-19)17(21)28-7-10-5-3-2-4-6-10/h2-6,9,11-17,23-27H,7-8H2,1H3/t9-,11-,12-,13+,14+,15+,16-,17?,18+,19+/m1/s1. The number of alkyl halides is 2. The van der Waals surface area contributed by atoms with Gasteiger partial charge < -0.3 is 39.7 Å². The lowest BCUT2D eigenvalue weighted by molar-refractivity contribution is -0.390. The lowest BCUT2D eigenvalue weighted by Gasteiger charge is -2.54. The second kappa shape index (κ2) is 9.92. The van der Waals surface area contributed by atoms with Crippen LogP contribution < -0.4 is 0 Å². The molecule has 9 nitrogen and oxygen atoms in total. The molecule has 0 amide bonds. The minimum absolute atomic E-state index is 0.0753. The average molecular weight is 504 g/mol. The minimum Gasteiger partial charge on any atom is -0.393 e. The first-order chi connectivity index (χ1) is 14.6. The van der Waals surface area contributed by atoms with Crippen molar-refractivity contribution in [3.05, 3.63) is 35.9 Å². The molecule has 0 radical (unpaired) electrons. The molecule has 2 aliphatic heterocycles. The molecule has 31 heavy (non-hydrogen) atoms. The van der Waals surface area contributed by atoms with Crippen LogP contribution in [0.25, 0.3) is 0 Å². The molecule has 12 heteroatoms. The van der Waals surface area contributed by atoms with Crippen LogP contribution in [0.2, 0.25) is 0 Å². The van der Waals surface area contributed by atoms with Crippen LogP contribution in [0.3, 0.4) is 0 Å². The molecule has 2 saturated heterocycles. The average Bonchev–Trinajstić information content (AvgIpc) is 3.01. The van der Waals surface area contributed by atoms with Gasteiger partial charge in [0.2, 0.25) is 0 Å². The Kier molecular flexibility index (Phi) is 8.12. The zero-order chi connectivity index (χ0) is 23.0. The molecule has 2 fully saturated rings. The van der Waals surface area contributed by atoms with Crippen LogP contribution >= 0.6 is 35.1 Å². The first-order valence-corrected chi connectivity index (χ1v) is 10.8. The maximum atomic E-state index is 10.8. The molecule has 10 atom stereocenters. The van der Waals surface area contributed by atoms with Crippen molar-refractivity contribution in [1.82, 2.24) is 0 Å². The molecule has 1 aromatic carbocycles. The van der Waals surface area contributed by atoms with Crippen LogP contribution in [0.15, 0.2) is 30.3 Å². The summed E-state index contributed by atoms with van der Waals surface area (Å²) >= 11 is 18.3. The van der Waals surface area contributed by atoms with Gasteiger partial charge in [-0.1, -0.05) is 41.9 Å². The fourth-order valence-electron chi connectivity index (χ4n) is 3.99. The lowest BCUT2D eigenvalue weighted by atomic mass is 9.78. The molecule has 0 spiro atoms. The first-order valence-electron chi connectivity index (χ1n) is 9.57. The normalized spacial score (nSPS) is 44.4. The highest BCUT2D eigenvalue weighted by atomic mass is 35.5. The largest absolute Gasteiger partial charge is 0.393 e. The molecule has 0 saturated carbocycles. The number of hydrogen-bond acceptors (Lipinski definition) is 9. The third-order valence-electron chi connectivity index (χ3n) is 5.79. The van der Waals surface area contributed by atoms with E-state index in [1.54, 1.807) is 12.1 Å². The van der Waals surface area contributed by atoms with Crippen LogP contribution in [0.4, 0.5) is 0 Å². The van der Waals surface area contributed by atoms with Crippen molar-refractivity contribution in [1.29, 1.82) is 0 Å². The second-order valence-electron chi connectivity index (χ2n) is 7.66. The lowest BCUT2D eigenvalue weighted by Crippen LogP contribution is -2.77. The zero-order valence-electron chi connectivity index (χ0n) is 16.4. The zero-order valence-corrected chi connectivity index (χ0v) is 18.7. The summed E-state index contributed by atoms with van der Waals surface area (Å²) in [6, 6.07) is 9.07. The van der Waals surface area contributed by atoms with Crippen LogP contribution in [-0.4, -0.2) is 91.1 Å². The highest BCUT2D eigenvalue weighted by Gasteiger charge is 2.73. The number of aliphatic hydroxyl groups is 5. The molecule has 0 bridgehead atoms. The molecule has 5 N–H and O–H groups in total. The second-order valence-corrected chi connectivity index (χ2v) is 8.75. The van der Waals surface area contributed by atoms with E-state index in [4.69, 9.17) is 53.6 Å². The number of ether oxygens (including phenoxy) is 3. The number of benzene rings is 1. The van der Waals surface area contributed by atoms with Crippen molar-refractivity contribution in [2.24, 2.45) is 0 Å². The summed E-state index contributed by atoms with van der Waals surface area (Å²) in [7, 11) is 0. The number of rotatable bonds is 7. The van der Waals surface area contributed by atoms with E-state index in [1.165, 1.54) is 6.92 Å². The third kappa shape index (κ3) is 4.21. The van der Waals surface area contributed by atoms with Gasteiger partial charge in [-0.15, -0.1) is 11.6 Å². The molecule has 1 aromatic rings. The molecule has 176 valence electrons. The molecular weight excluding hydrogens is 479 g/mol. The number of aliphatic hydroxyl groups excluding tert-OH is 5. The molecule has 2 heterocycles. The van der Waals surface area contributed by atoms with Crippen LogP contribution in [0, 0.1) is 0 Å². The summed E-state index contributed by atoms with van der Waals surface area (Å²) in [4.78, 5) is 0. The van der Waals surface area contributed by atoms with Gasteiger partial charge in [0.15, 0.2) is 11.2 Å². The van der Waals surface area contributed by atoms with Crippen molar-refractivity contribution in [2.45, 2.75) is 72.5 Å². The van der Waals surface area contributed by atoms with E-state index < -0.39 is 65.6 Å². The van der Waals surface area contributed by atoms with Gasteiger partial charge in [-0.05, 0) is 12.5 Å². The van der Waals surface area contributed by atoms with E-state index in [2.05, 4.69) is 0 Å². The predicted molar refractivity (Wildman–Crippen MR) is 109 cm³/mol. The smallest absolute Gasteiger partial charge is 0.251 e. The van der Waals surface area contributed by atoms with Crippen molar-refractivity contribution in [3.8, 4) is 0 Å². The molecule has 1 unspecified atom stereocenters.